The molecule has 3 nitrogen and oxygen atoms in total. The molecule has 0 amide bonds. The number of rotatable bonds is 5. The number of para-hydroxylation sites is 1. The second-order valence-corrected chi connectivity index (χ2v) is 4.93. The van der Waals surface area contributed by atoms with Gasteiger partial charge >= 0.3 is 0 Å². The van der Waals surface area contributed by atoms with Crippen molar-refractivity contribution in [3.05, 3.63) is 29.8 Å². The van der Waals surface area contributed by atoms with Gasteiger partial charge in [0.05, 0.1) is 12.0 Å². The second kappa shape index (κ2) is 5.88. The van der Waals surface area contributed by atoms with Crippen molar-refractivity contribution in [2.24, 2.45) is 5.92 Å². The average Bonchev–Trinajstić information content (AvgIpc) is 2.79. The first kappa shape index (κ1) is 12.9. The van der Waals surface area contributed by atoms with Crippen molar-refractivity contribution >= 4 is 0 Å². The molecule has 2 atom stereocenters. The van der Waals surface area contributed by atoms with E-state index in [-0.39, 0.29) is 12.0 Å². The molecule has 0 aliphatic carbocycles. The molecule has 1 aromatic carbocycles. The lowest BCUT2D eigenvalue weighted by molar-refractivity contribution is 0.148. The zero-order chi connectivity index (χ0) is 13.0. The lowest BCUT2D eigenvalue weighted by Crippen LogP contribution is -2.37. The van der Waals surface area contributed by atoms with E-state index in [1.165, 1.54) is 5.56 Å². The van der Waals surface area contributed by atoms with Crippen molar-refractivity contribution in [2.75, 3.05) is 19.6 Å². The lowest BCUT2D eigenvalue weighted by Gasteiger charge is -2.24. The normalized spacial score (nSPS) is 19.1. The van der Waals surface area contributed by atoms with Crippen LogP contribution in [0.4, 0.5) is 0 Å². The van der Waals surface area contributed by atoms with Crippen LogP contribution in [0, 0.1) is 17.2 Å². The summed E-state index contributed by atoms with van der Waals surface area (Å²) in [4.78, 5) is 2.30. The number of nitriles is 1. The van der Waals surface area contributed by atoms with Crippen LogP contribution in [0.2, 0.25) is 0 Å². The van der Waals surface area contributed by atoms with Gasteiger partial charge in [-0.1, -0.05) is 25.1 Å². The molecule has 2 rings (SSSR count). The number of hydrogen-bond donors (Lipinski definition) is 0. The van der Waals surface area contributed by atoms with Gasteiger partial charge in [-0.15, -0.1) is 0 Å². The maximum Gasteiger partial charge on any atom is 0.123 e. The summed E-state index contributed by atoms with van der Waals surface area (Å²) >= 11 is 0. The minimum atomic E-state index is 0.0775. The molecule has 96 valence electrons. The minimum Gasteiger partial charge on any atom is -0.488 e. The summed E-state index contributed by atoms with van der Waals surface area (Å²) in [6, 6.07) is 10.5. The predicted molar refractivity (Wildman–Crippen MR) is 71.5 cm³/mol. The standard InChI is InChI=1S/C15H20N2O/c1-3-17(10-12(2)9-16)11-14-8-13-6-4-5-7-15(13)18-14/h4-7,12,14H,3,8,10-11H2,1-2H3. The van der Waals surface area contributed by atoms with Crippen LogP contribution in [0.1, 0.15) is 19.4 Å². The van der Waals surface area contributed by atoms with Crippen molar-refractivity contribution in [3.63, 3.8) is 0 Å². The topological polar surface area (TPSA) is 36.3 Å². The van der Waals surface area contributed by atoms with Crippen molar-refractivity contribution in [1.29, 1.82) is 5.26 Å². The van der Waals surface area contributed by atoms with E-state index in [0.29, 0.717) is 0 Å². The SMILES string of the molecule is CCN(CC(C)C#N)CC1Cc2ccccc2O1. The summed E-state index contributed by atoms with van der Waals surface area (Å²) in [5, 5.41) is 8.87. The summed E-state index contributed by atoms with van der Waals surface area (Å²) in [6.45, 7) is 6.78. The molecule has 1 aromatic rings. The zero-order valence-corrected chi connectivity index (χ0v) is 11.1. The quantitative estimate of drug-likeness (QED) is 0.798. The fourth-order valence-electron chi connectivity index (χ4n) is 2.40. The molecule has 0 N–H and O–H groups in total. The Bertz CT molecular complexity index is 413. The van der Waals surface area contributed by atoms with Gasteiger partial charge in [0, 0.05) is 19.5 Å². The van der Waals surface area contributed by atoms with Gasteiger partial charge in [-0.3, -0.25) is 4.90 Å². The van der Waals surface area contributed by atoms with Crippen molar-refractivity contribution < 1.29 is 4.74 Å². The molecule has 0 saturated heterocycles. The lowest BCUT2D eigenvalue weighted by atomic mass is 10.1. The Kier molecular flexibility index (Phi) is 4.22. The number of benzene rings is 1. The first-order valence-corrected chi connectivity index (χ1v) is 6.59. The van der Waals surface area contributed by atoms with Gasteiger partial charge in [-0.05, 0) is 25.1 Å². The highest BCUT2D eigenvalue weighted by molar-refractivity contribution is 5.37. The van der Waals surface area contributed by atoms with Crippen LogP contribution in [0.15, 0.2) is 24.3 Å². The molecule has 2 unspecified atom stereocenters. The van der Waals surface area contributed by atoms with Crippen LogP contribution < -0.4 is 4.74 Å². The van der Waals surface area contributed by atoms with Crippen LogP contribution in [0.3, 0.4) is 0 Å². The molecule has 0 aromatic heterocycles. The van der Waals surface area contributed by atoms with E-state index in [2.05, 4.69) is 30.0 Å². The van der Waals surface area contributed by atoms with Crippen LogP contribution >= 0.6 is 0 Å². The Labute approximate surface area is 109 Å². The Morgan fingerprint density at radius 1 is 1.50 bits per heavy atom. The second-order valence-electron chi connectivity index (χ2n) is 4.93. The predicted octanol–water partition coefficient (Wildman–Crippen LogP) is 2.47. The molecule has 0 saturated carbocycles. The fourth-order valence-corrected chi connectivity index (χ4v) is 2.40. The summed E-state index contributed by atoms with van der Waals surface area (Å²) < 4.78 is 5.93. The van der Waals surface area contributed by atoms with Gasteiger partial charge in [-0.25, -0.2) is 0 Å². The molecule has 1 aliphatic heterocycles. The number of hydrogen-bond acceptors (Lipinski definition) is 3. The monoisotopic (exact) mass is 244 g/mol. The highest BCUT2D eigenvalue weighted by Gasteiger charge is 2.24. The Morgan fingerprint density at radius 3 is 2.94 bits per heavy atom. The number of ether oxygens (including phenoxy) is 1. The van der Waals surface area contributed by atoms with Crippen molar-refractivity contribution in [3.8, 4) is 11.8 Å². The molecule has 3 heteroatoms. The van der Waals surface area contributed by atoms with E-state index < -0.39 is 0 Å². The fraction of sp³-hybridized carbons (Fsp3) is 0.533. The van der Waals surface area contributed by atoms with E-state index in [0.717, 1.165) is 31.8 Å². The third-order valence-electron chi connectivity index (χ3n) is 3.38. The van der Waals surface area contributed by atoms with E-state index in [1.807, 2.05) is 19.1 Å². The smallest absolute Gasteiger partial charge is 0.123 e. The molecular formula is C15H20N2O. The molecule has 1 aliphatic rings. The van der Waals surface area contributed by atoms with Crippen molar-refractivity contribution in [1.82, 2.24) is 4.90 Å². The number of nitrogens with zero attached hydrogens (tertiary/aromatic N) is 2. The van der Waals surface area contributed by atoms with E-state index in [1.54, 1.807) is 0 Å². The third-order valence-corrected chi connectivity index (χ3v) is 3.38. The summed E-state index contributed by atoms with van der Waals surface area (Å²) in [5.74, 6) is 1.10. The number of fused-ring (bicyclic) bond motifs is 1. The highest BCUT2D eigenvalue weighted by atomic mass is 16.5. The van der Waals surface area contributed by atoms with Crippen molar-refractivity contribution in [2.45, 2.75) is 26.4 Å². The summed E-state index contributed by atoms with van der Waals surface area (Å²) in [7, 11) is 0. The molecule has 0 radical (unpaired) electrons. The maximum absolute atomic E-state index is 8.87. The van der Waals surface area contributed by atoms with Crippen LogP contribution in [0.5, 0.6) is 5.75 Å². The number of likely N-dealkylation sites (N-methyl/N-ethyl adjacent to an activating group) is 1. The van der Waals surface area contributed by atoms with Gasteiger partial charge in [-0.2, -0.15) is 5.26 Å². The molecule has 1 heterocycles. The van der Waals surface area contributed by atoms with Crippen LogP contribution in [-0.2, 0) is 6.42 Å². The highest BCUT2D eigenvalue weighted by Crippen LogP contribution is 2.28. The molecular weight excluding hydrogens is 224 g/mol. The maximum atomic E-state index is 8.87. The first-order chi connectivity index (χ1) is 8.72. The molecule has 18 heavy (non-hydrogen) atoms. The van der Waals surface area contributed by atoms with Gasteiger partial charge < -0.3 is 4.74 Å². The van der Waals surface area contributed by atoms with Gasteiger partial charge in [0.1, 0.15) is 11.9 Å². The van der Waals surface area contributed by atoms with E-state index in [4.69, 9.17) is 10.00 Å². The Balaban J connectivity index is 1.90. The van der Waals surface area contributed by atoms with Gasteiger partial charge in [0.15, 0.2) is 0 Å². The summed E-state index contributed by atoms with van der Waals surface area (Å²) in [6.07, 6.45) is 1.21. The first-order valence-electron chi connectivity index (χ1n) is 6.59. The van der Waals surface area contributed by atoms with E-state index in [9.17, 15) is 0 Å². The average molecular weight is 244 g/mol. The van der Waals surface area contributed by atoms with E-state index >= 15 is 0 Å². The summed E-state index contributed by atoms with van der Waals surface area (Å²) in [5.41, 5.74) is 1.30. The van der Waals surface area contributed by atoms with Gasteiger partial charge in [0.25, 0.3) is 0 Å². The molecule has 0 fully saturated rings. The Morgan fingerprint density at radius 2 is 2.28 bits per heavy atom. The molecule has 0 spiro atoms. The zero-order valence-electron chi connectivity index (χ0n) is 11.1. The van der Waals surface area contributed by atoms with Gasteiger partial charge in [0.2, 0.25) is 0 Å². The third kappa shape index (κ3) is 3.02. The largest absolute Gasteiger partial charge is 0.488 e. The Hall–Kier alpha value is -1.53. The van der Waals surface area contributed by atoms with Crippen LogP contribution in [-0.4, -0.2) is 30.6 Å². The molecule has 0 bridgehead atoms. The minimum absolute atomic E-state index is 0.0775. The van der Waals surface area contributed by atoms with Crippen LogP contribution in [0.25, 0.3) is 0 Å².